The molecule has 9 heteroatoms. The van der Waals surface area contributed by atoms with Gasteiger partial charge in [0.15, 0.2) is 17.1 Å². The number of benzene rings is 2. The van der Waals surface area contributed by atoms with Crippen molar-refractivity contribution in [2.75, 3.05) is 20.0 Å². The lowest BCUT2D eigenvalue weighted by Gasteiger charge is -2.10. The van der Waals surface area contributed by atoms with Gasteiger partial charge in [0, 0.05) is 22.8 Å². The van der Waals surface area contributed by atoms with E-state index in [4.69, 9.17) is 21.1 Å². The van der Waals surface area contributed by atoms with E-state index in [-0.39, 0.29) is 11.7 Å². The largest absolute Gasteiger partial charge is 0.493 e. The quantitative estimate of drug-likeness (QED) is 0.287. The number of nitrogens with zero attached hydrogens (tertiary/aromatic N) is 3. The van der Waals surface area contributed by atoms with Crippen molar-refractivity contribution in [3.8, 4) is 22.6 Å². The molecule has 33 heavy (non-hydrogen) atoms. The molecule has 2 aromatic carbocycles. The van der Waals surface area contributed by atoms with E-state index in [0.29, 0.717) is 28.7 Å². The molecule has 0 aliphatic rings. The lowest BCUT2D eigenvalue weighted by molar-refractivity contribution is -0.118. The molecule has 0 spiro atoms. The second-order valence-corrected chi connectivity index (χ2v) is 8.73. The van der Waals surface area contributed by atoms with Crippen LogP contribution in [0, 0.1) is 6.92 Å². The van der Waals surface area contributed by atoms with Crippen LogP contribution in [0.2, 0.25) is 5.02 Å². The zero-order chi connectivity index (χ0) is 23.4. The first-order valence-electron chi connectivity index (χ1n) is 10.2. The minimum Gasteiger partial charge on any atom is -0.493 e. The van der Waals surface area contributed by atoms with Crippen LogP contribution in [0.5, 0.6) is 11.5 Å². The Hall–Kier alpha value is -3.23. The number of fused-ring (bicyclic) bond motifs is 1. The molecular formula is C24H23ClN4O3S. The minimum atomic E-state index is -0.0742. The number of methoxy groups -OCH3 is 2. The summed E-state index contributed by atoms with van der Waals surface area (Å²) in [4.78, 5) is 17.1. The van der Waals surface area contributed by atoms with Crippen molar-refractivity contribution < 1.29 is 14.3 Å². The highest BCUT2D eigenvalue weighted by molar-refractivity contribution is 7.99. The molecular weight excluding hydrogens is 460 g/mol. The second kappa shape index (κ2) is 10.1. The van der Waals surface area contributed by atoms with Gasteiger partial charge in [-0.15, -0.1) is 0 Å². The summed E-state index contributed by atoms with van der Waals surface area (Å²) in [5, 5.41) is 8.94. The summed E-state index contributed by atoms with van der Waals surface area (Å²) in [7, 11) is 3.21. The van der Waals surface area contributed by atoms with Crippen LogP contribution < -0.4 is 14.8 Å². The van der Waals surface area contributed by atoms with Gasteiger partial charge in [-0.05, 0) is 48.4 Å². The molecule has 4 aromatic rings. The molecule has 0 radical (unpaired) electrons. The lowest BCUT2D eigenvalue weighted by atomic mass is 10.1. The Balaban J connectivity index is 1.52. The SMILES string of the molecule is COc1ccc(-c2cnn3c(SCC(=O)NCc4cccc(Cl)c4)cc(C)nc23)cc1OC. The van der Waals surface area contributed by atoms with Crippen LogP contribution in [0.15, 0.2) is 59.8 Å². The van der Waals surface area contributed by atoms with Crippen LogP contribution in [0.3, 0.4) is 0 Å². The summed E-state index contributed by atoms with van der Waals surface area (Å²) in [6.07, 6.45) is 1.77. The van der Waals surface area contributed by atoms with Crippen LogP contribution in [0.25, 0.3) is 16.8 Å². The highest BCUT2D eigenvalue weighted by atomic mass is 35.5. The van der Waals surface area contributed by atoms with E-state index >= 15 is 0 Å². The summed E-state index contributed by atoms with van der Waals surface area (Å²) in [6, 6.07) is 15.1. The maximum Gasteiger partial charge on any atom is 0.230 e. The molecule has 7 nitrogen and oxygen atoms in total. The Morgan fingerprint density at radius 3 is 2.70 bits per heavy atom. The van der Waals surface area contributed by atoms with E-state index in [1.54, 1.807) is 31.0 Å². The fraction of sp³-hybridized carbons (Fsp3) is 0.208. The highest BCUT2D eigenvalue weighted by Crippen LogP contribution is 2.34. The monoisotopic (exact) mass is 482 g/mol. The summed E-state index contributed by atoms with van der Waals surface area (Å²) < 4.78 is 12.5. The zero-order valence-electron chi connectivity index (χ0n) is 18.5. The molecule has 0 saturated heterocycles. The van der Waals surface area contributed by atoms with Crippen LogP contribution in [0.4, 0.5) is 0 Å². The molecule has 0 fully saturated rings. The minimum absolute atomic E-state index is 0.0742. The van der Waals surface area contributed by atoms with Gasteiger partial charge in [0.2, 0.25) is 5.91 Å². The van der Waals surface area contributed by atoms with Gasteiger partial charge in [0.05, 0.1) is 26.2 Å². The molecule has 0 aliphatic carbocycles. The summed E-state index contributed by atoms with van der Waals surface area (Å²) >= 11 is 7.41. The summed E-state index contributed by atoms with van der Waals surface area (Å²) in [6.45, 7) is 2.35. The van der Waals surface area contributed by atoms with Crippen molar-refractivity contribution in [1.29, 1.82) is 0 Å². The number of hydrogen-bond acceptors (Lipinski definition) is 6. The fourth-order valence-corrected chi connectivity index (χ4v) is 4.50. The van der Waals surface area contributed by atoms with Crippen molar-refractivity contribution >= 4 is 34.9 Å². The van der Waals surface area contributed by atoms with Crippen LogP contribution in [0.1, 0.15) is 11.3 Å². The first kappa shape index (κ1) is 22.9. The zero-order valence-corrected chi connectivity index (χ0v) is 20.0. The molecule has 2 aromatic heterocycles. The van der Waals surface area contributed by atoms with E-state index in [2.05, 4.69) is 15.4 Å². The van der Waals surface area contributed by atoms with E-state index < -0.39 is 0 Å². The van der Waals surface area contributed by atoms with Gasteiger partial charge in [-0.1, -0.05) is 41.6 Å². The van der Waals surface area contributed by atoms with Gasteiger partial charge in [-0.3, -0.25) is 4.79 Å². The van der Waals surface area contributed by atoms with E-state index in [9.17, 15) is 4.79 Å². The average Bonchev–Trinajstić information content (AvgIpc) is 3.24. The lowest BCUT2D eigenvalue weighted by Crippen LogP contribution is -2.24. The molecule has 0 aliphatic heterocycles. The van der Waals surface area contributed by atoms with Gasteiger partial charge < -0.3 is 14.8 Å². The van der Waals surface area contributed by atoms with Gasteiger partial charge in [-0.25, -0.2) is 9.50 Å². The van der Waals surface area contributed by atoms with Crippen molar-refractivity contribution in [3.63, 3.8) is 0 Å². The van der Waals surface area contributed by atoms with E-state index in [1.807, 2.05) is 49.4 Å². The number of carbonyl (C=O) groups is 1. The average molecular weight is 483 g/mol. The Morgan fingerprint density at radius 1 is 1.12 bits per heavy atom. The van der Waals surface area contributed by atoms with E-state index in [1.165, 1.54) is 11.8 Å². The van der Waals surface area contributed by atoms with Crippen molar-refractivity contribution in [1.82, 2.24) is 19.9 Å². The Bertz CT molecular complexity index is 1310. The molecule has 1 N–H and O–H groups in total. The maximum absolute atomic E-state index is 12.4. The molecule has 1 amide bonds. The molecule has 2 heterocycles. The first-order chi connectivity index (χ1) is 16.0. The Labute approximate surface area is 201 Å². The number of ether oxygens (including phenoxy) is 2. The van der Waals surface area contributed by atoms with Crippen molar-refractivity contribution in [3.05, 3.63) is 71.0 Å². The number of carbonyl (C=O) groups excluding carboxylic acids is 1. The third-order valence-electron chi connectivity index (χ3n) is 4.99. The smallest absolute Gasteiger partial charge is 0.230 e. The number of rotatable bonds is 8. The van der Waals surface area contributed by atoms with Gasteiger partial charge in [0.1, 0.15) is 5.03 Å². The second-order valence-electron chi connectivity index (χ2n) is 7.29. The molecule has 4 rings (SSSR count). The van der Waals surface area contributed by atoms with Crippen LogP contribution in [-0.2, 0) is 11.3 Å². The number of nitrogens with one attached hydrogen (secondary N) is 1. The highest BCUT2D eigenvalue weighted by Gasteiger charge is 2.15. The molecule has 0 atom stereocenters. The normalized spacial score (nSPS) is 10.9. The van der Waals surface area contributed by atoms with Gasteiger partial charge in [0.25, 0.3) is 0 Å². The molecule has 170 valence electrons. The molecule has 0 saturated carbocycles. The molecule has 0 bridgehead atoms. The van der Waals surface area contributed by atoms with Crippen LogP contribution in [-0.4, -0.2) is 40.5 Å². The van der Waals surface area contributed by atoms with Crippen molar-refractivity contribution in [2.24, 2.45) is 0 Å². The summed E-state index contributed by atoms with van der Waals surface area (Å²) in [5.41, 5.74) is 4.29. The first-order valence-corrected chi connectivity index (χ1v) is 11.6. The van der Waals surface area contributed by atoms with E-state index in [0.717, 1.165) is 27.4 Å². The number of halogens is 1. The Kier molecular flexibility index (Phi) is 7.05. The standard InChI is InChI=1S/C24H23ClN4O3S/c1-15-9-23(33-14-22(30)26-12-16-5-4-6-18(25)10-16)29-24(28-15)19(13-27-29)17-7-8-20(31-2)21(11-17)32-3/h4-11,13H,12,14H2,1-3H3,(H,26,30). The number of amides is 1. The number of aryl methyl sites for hydroxylation is 1. The number of thioether (sulfide) groups is 1. The maximum atomic E-state index is 12.4. The van der Waals surface area contributed by atoms with Gasteiger partial charge >= 0.3 is 0 Å². The molecule has 0 unspecified atom stereocenters. The van der Waals surface area contributed by atoms with Crippen LogP contribution >= 0.6 is 23.4 Å². The third kappa shape index (κ3) is 5.23. The predicted molar refractivity (Wildman–Crippen MR) is 130 cm³/mol. The van der Waals surface area contributed by atoms with Gasteiger partial charge in [-0.2, -0.15) is 5.10 Å². The fourth-order valence-electron chi connectivity index (χ4n) is 3.40. The third-order valence-corrected chi connectivity index (χ3v) is 6.22. The topological polar surface area (TPSA) is 77.8 Å². The number of aromatic nitrogens is 3. The predicted octanol–water partition coefficient (Wildman–Crippen LogP) is 4.78. The summed E-state index contributed by atoms with van der Waals surface area (Å²) in [5.74, 6) is 1.47. The number of hydrogen-bond donors (Lipinski definition) is 1. The van der Waals surface area contributed by atoms with Crippen molar-refractivity contribution in [2.45, 2.75) is 18.5 Å². The Morgan fingerprint density at radius 2 is 1.94 bits per heavy atom.